The smallest absolute Gasteiger partial charge is 0.330 e. The van der Waals surface area contributed by atoms with E-state index >= 15 is 0 Å². The molecule has 2 rings (SSSR count). The molecule has 0 amide bonds. The summed E-state index contributed by atoms with van der Waals surface area (Å²) in [6.45, 7) is 1.23. The van der Waals surface area contributed by atoms with Gasteiger partial charge >= 0.3 is 11.7 Å². The molecule has 2 heterocycles. The van der Waals surface area contributed by atoms with E-state index in [1.54, 1.807) is 6.92 Å². The number of carbonyl (C=O) groups is 1. The minimum absolute atomic E-state index is 0.164. The average Bonchev–Trinajstić information content (AvgIpc) is 2.76. The Morgan fingerprint density at radius 3 is 2.90 bits per heavy atom. The first-order valence-corrected chi connectivity index (χ1v) is 6.08. The van der Waals surface area contributed by atoms with Crippen molar-refractivity contribution in [1.29, 1.82) is 0 Å². The van der Waals surface area contributed by atoms with Crippen molar-refractivity contribution in [3.63, 3.8) is 0 Å². The lowest BCUT2D eigenvalue weighted by Gasteiger charge is -2.24. The fraction of sp³-hybridized carbons (Fsp3) is 0.583. The van der Waals surface area contributed by atoms with Crippen LogP contribution in [0.1, 0.15) is 19.6 Å². The van der Waals surface area contributed by atoms with E-state index < -0.39 is 35.0 Å². The zero-order valence-corrected chi connectivity index (χ0v) is 11.2. The van der Waals surface area contributed by atoms with Crippen molar-refractivity contribution < 1.29 is 19.4 Å². The van der Waals surface area contributed by atoms with E-state index in [0.29, 0.717) is 0 Å². The molecule has 0 unspecified atom stereocenters. The molecule has 1 saturated heterocycles. The van der Waals surface area contributed by atoms with Crippen LogP contribution >= 0.6 is 0 Å². The number of hydrogen-bond donors (Lipinski definition) is 2. The minimum Gasteiger partial charge on any atom is -0.469 e. The number of aliphatic hydroxyl groups is 1. The number of hydrogen-bond acceptors (Lipinski definition) is 6. The van der Waals surface area contributed by atoms with Gasteiger partial charge in [-0.1, -0.05) is 0 Å². The van der Waals surface area contributed by atoms with Crippen LogP contribution < -0.4 is 11.2 Å². The Morgan fingerprint density at radius 2 is 2.35 bits per heavy atom. The first-order chi connectivity index (χ1) is 9.42. The summed E-state index contributed by atoms with van der Waals surface area (Å²) in [5.74, 6) is -0.517. The number of H-pyrrole nitrogens is 1. The summed E-state index contributed by atoms with van der Waals surface area (Å²) in [5.41, 5.74) is -2.20. The van der Waals surface area contributed by atoms with Gasteiger partial charge in [-0.3, -0.25) is 19.1 Å². The van der Waals surface area contributed by atoms with Crippen LogP contribution in [0.15, 0.2) is 21.9 Å². The second-order valence-electron chi connectivity index (χ2n) is 4.89. The number of aliphatic hydroxyl groups excluding tert-OH is 1. The van der Waals surface area contributed by atoms with E-state index in [0.717, 1.165) is 0 Å². The average molecular weight is 284 g/mol. The van der Waals surface area contributed by atoms with Gasteiger partial charge in [0.2, 0.25) is 0 Å². The molecule has 1 aromatic heterocycles. The Balaban J connectivity index is 2.36. The van der Waals surface area contributed by atoms with Gasteiger partial charge in [0.25, 0.3) is 5.56 Å². The lowest BCUT2D eigenvalue weighted by atomic mass is 9.83. The number of methoxy groups -OCH3 is 1. The first-order valence-electron chi connectivity index (χ1n) is 6.08. The van der Waals surface area contributed by atoms with Crippen molar-refractivity contribution >= 4 is 5.97 Å². The first kappa shape index (κ1) is 14.5. The summed E-state index contributed by atoms with van der Waals surface area (Å²) in [4.78, 5) is 36.7. The van der Waals surface area contributed by atoms with Gasteiger partial charge in [-0.25, -0.2) is 4.79 Å². The van der Waals surface area contributed by atoms with Gasteiger partial charge in [-0.05, 0) is 6.92 Å². The number of ether oxygens (including phenoxy) is 2. The summed E-state index contributed by atoms with van der Waals surface area (Å²) in [5, 5.41) is 9.35. The minimum atomic E-state index is -1.05. The second-order valence-corrected chi connectivity index (χ2v) is 4.89. The normalized spacial score (nSPS) is 29.4. The number of esters is 1. The predicted molar refractivity (Wildman–Crippen MR) is 67.1 cm³/mol. The predicted octanol–water partition coefficient (Wildman–Crippen LogP) is -1.00. The van der Waals surface area contributed by atoms with E-state index in [-0.39, 0.29) is 13.0 Å². The summed E-state index contributed by atoms with van der Waals surface area (Å²) in [6.07, 6.45) is -0.0699. The van der Waals surface area contributed by atoms with Crippen LogP contribution in [-0.4, -0.2) is 40.4 Å². The molecule has 8 heteroatoms. The largest absolute Gasteiger partial charge is 0.469 e. The Labute approximate surface area is 114 Å². The van der Waals surface area contributed by atoms with Crippen molar-refractivity contribution in [1.82, 2.24) is 9.55 Å². The van der Waals surface area contributed by atoms with E-state index in [4.69, 9.17) is 9.47 Å². The summed E-state index contributed by atoms with van der Waals surface area (Å²) in [6, 6.07) is 1.19. The van der Waals surface area contributed by atoms with E-state index in [9.17, 15) is 19.5 Å². The fourth-order valence-electron chi connectivity index (χ4n) is 2.39. The molecule has 20 heavy (non-hydrogen) atoms. The van der Waals surface area contributed by atoms with E-state index in [2.05, 4.69) is 4.98 Å². The maximum absolute atomic E-state index is 11.9. The Morgan fingerprint density at radius 1 is 1.65 bits per heavy atom. The van der Waals surface area contributed by atoms with Crippen LogP contribution in [0.3, 0.4) is 0 Å². The van der Waals surface area contributed by atoms with Gasteiger partial charge in [0.1, 0.15) is 6.23 Å². The van der Waals surface area contributed by atoms with Crippen molar-refractivity contribution in [3.8, 4) is 0 Å². The highest BCUT2D eigenvalue weighted by Gasteiger charge is 2.51. The standard InChI is InChI=1S/C12H16N2O6/c1-12(10(17)19-2)5-9(20-7(12)6-15)14-4-3-8(16)13-11(14)18/h3-4,7,9,15H,5-6H2,1-2H3,(H,13,16,18)/t7-,9+,12-/m1/s1. The monoisotopic (exact) mass is 284 g/mol. The van der Waals surface area contributed by atoms with E-state index in [1.807, 2.05) is 0 Å². The zero-order chi connectivity index (χ0) is 14.9. The fourth-order valence-corrected chi connectivity index (χ4v) is 2.39. The number of carbonyl (C=O) groups excluding carboxylic acids is 1. The van der Waals surface area contributed by atoms with Gasteiger partial charge in [0.15, 0.2) is 0 Å². The highest BCUT2D eigenvalue weighted by molar-refractivity contribution is 5.77. The van der Waals surface area contributed by atoms with Crippen LogP contribution in [0.4, 0.5) is 0 Å². The molecule has 2 N–H and O–H groups in total. The highest BCUT2D eigenvalue weighted by atomic mass is 16.5. The van der Waals surface area contributed by atoms with Gasteiger partial charge in [0, 0.05) is 18.7 Å². The van der Waals surface area contributed by atoms with Gasteiger partial charge < -0.3 is 14.6 Å². The molecule has 0 spiro atoms. The molecule has 1 aliphatic heterocycles. The topological polar surface area (TPSA) is 111 Å². The number of nitrogens with one attached hydrogen (secondary N) is 1. The molecule has 1 aromatic rings. The molecule has 110 valence electrons. The zero-order valence-electron chi connectivity index (χ0n) is 11.2. The third-order valence-electron chi connectivity index (χ3n) is 3.61. The summed E-state index contributed by atoms with van der Waals surface area (Å²) in [7, 11) is 1.25. The maximum Gasteiger partial charge on any atom is 0.330 e. The molecule has 0 aromatic carbocycles. The van der Waals surface area contributed by atoms with Crippen molar-refractivity contribution in [3.05, 3.63) is 33.1 Å². The Hall–Kier alpha value is -1.93. The lowest BCUT2D eigenvalue weighted by molar-refractivity contribution is -0.156. The number of aromatic amines is 1. The molecule has 8 nitrogen and oxygen atoms in total. The van der Waals surface area contributed by atoms with Crippen molar-refractivity contribution in [2.45, 2.75) is 25.7 Å². The lowest BCUT2D eigenvalue weighted by Crippen LogP contribution is -2.39. The summed E-state index contributed by atoms with van der Waals surface area (Å²) >= 11 is 0. The van der Waals surface area contributed by atoms with Crippen LogP contribution in [0.25, 0.3) is 0 Å². The summed E-state index contributed by atoms with van der Waals surface area (Å²) < 4.78 is 11.5. The second kappa shape index (κ2) is 5.22. The molecule has 1 aliphatic rings. The molecule has 3 atom stereocenters. The molecular weight excluding hydrogens is 268 g/mol. The van der Waals surface area contributed by atoms with Gasteiger partial charge in [-0.2, -0.15) is 0 Å². The Bertz CT molecular complexity index is 621. The molecule has 0 radical (unpaired) electrons. The van der Waals surface area contributed by atoms with Crippen molar-refractivity contribution in [2.75, 3.05) is 13.7 Å². The van der Waals surface area contributed by atoms with Crippen LogP contribution in [0, 0.1) is 5.41 Å². The van der Waals surface area contributed by atoms with Crippen LogP contribution in [0.2, 0.25) is 0 Å². The quantitative estimate of drug-likeness (QED) is 0.688. The number of aromatic nitrogens is 2. The third-order valence-corrected chi connectivity index (χ3v) is 3.61. The number of nitrogens with zero attached hydrogens (tertiary/aromatic N) is 1. The van der Waals surface area contributed by atoms with Gasteiger partial charge in [0.05, 0.1) is 25.2 Å². The van der Waals surface area contributed by atoms with Crippen molar-refractivity contribution in [2.24, 2.45) is 5.41 Å². The molecular formula is C12H16N2O6. The SMILES string of the molecule is COC(=O)[C@]1(C)C[C@@H](n2ccc(=O)[nH]c2=O)O[C@@H]1CO. The highest BCUT2D eigenvalue weighted by Crippen LogP contribution is 2.43. The molecule has 0 bridgehead atoms. The van der Waals surface area contributed by atoms with E-state index in [1.165, 1.54) is 23.9 Å². The molecule has 1 fully saturated rings. The Kier molecular flexibility index (Phi) is 3.78. The molecule has 0 aliphatic carbocycles. The van der Waals surface area contributed by atoms with Crippen LogP contribution in [0.5, 0.6) is 0 Å². The van der Waals surface area contributed by atoms with Gasteiger partial charge in [-0.15, -0.1) is 0 Å². The van der Waals surface area contributed by atoms with Crippen LogP contribution in [-0.2, 0) is 14.3 Å². The molecule has 0 saturated carbocycles. The third kappa shape index (κ3) is 2.27. The maximum atomic E-state index is 11.9. The number of rotatable bonds is 3.